The van der Waals surface area contributed by atoms with Gasteiger partial charge >= 0.3 is 5.97 Å². The van der Waals surface area contributed by atoms with E-state index in [9.17, 15) is 4.79 Å². The number of hydrogen-bond donors (Lipinski definition) is 1. The van der Waals surface area contributed by atoms with Crippen LogP contribution in [0.1, 0.15) is 11.8 Å². The molecule has 0 saturated heterocycles. The first kappa shape index (κ1) is 10.7. The van der Waals surface area contributed by atoms with Crippen molar-refractivity contribution in [2.24, 2.45) is 0 Å². The summed E-state index contributed by atoms with van der Waals surface area (Å²) in [5, 5.41) is 9.86. The maximum atomic E-state index is 10.6. The third-order valence-electron chi connectivity index (χ3n) is 2.20. The summed E-state index contributed by atoms with van der Waals surface area (Å²) in [6, 6.07) is 10.1. The second kappa shape index (κ2) is 4.35. The Bertz CT molecular complexity index is 568. The minimum atomic E-state index is -0.933. The summed E-state index contributed by atoms with van der Waals surface area (Å²) in [6.45, 7) is 1.53. The third-order valence-corrected chi connectivity index (χ3v) is 3.26. The molecule has 1 heterocycles. The Balaban J connectivity index is 2.42. The molecule has 2 aromatic rings. The summed E-state index contributed by atoms with van der Waals surface area (Å²) in [4.78, 5) is 11.6. The van der Waals surface area contributed by atoms with Gasteiger partial charge in [0, 0.05) is 9.58 Å². The quantitative estimate of drug-likeness (QED) is 0.632. The lowest BCUT2D eigenvalue weighted by Gasteiger charge is -1.83. The summed E-state index contributed by atoms with van der Waals surface area (Å²) >= 11 is 1.63. The zero-order chi connectivity index (χ0) is 11.5. The van der Waals surface area contributed by atoms with Gasteiger partial charge in [-0.1, -0.05) is 18.2 Å². The van der Waals surface area contributed by atoms with Crippen LogP contribution in [0.2, 0.25) is 0 Å². The molecule has 1 aromatic carbocycles. The molecule has 16 heavy (non-hydrogen) atoms. The average molecular weight is 230 g/mol. The van der Waals surface area contributed by atoms with Crippen LogP contribution < -0.4 is 0 Å². The second-order valence-electron chi connectivity index (χ2n) is 3.41. The number of fused-ring (bicyclic) bond motifs is 1. The minimum Gasteiger partial charge on any atom is -0.477 e. The van der Waals surface area contributed by atoms with Crippen molar-refractivity contribution in [3.8, 4) is 0 Å². The van der Waals surface area contributed by atoms with Crippen molar-refractivity contribution < 1.29 is 9.90 Å². The highest BCUT2D eigenvalue weighted by molar-refractivity contribution is 7.19. The predicted molar refractivity (Wildman–Crippen MR) is 66.6 cm³/mol. The molecule has 80 valence electrons. The van der Waals surface area contributed by atoms with Crippen molar-refractivity contribution in [3.63, 3.8) is 0 Å². The van der Waals surface area contributed by atoms with Crippen LogP contribution in [0.25, 0.3) is 16.2 Å². The molecule has 0 aliphatic carbocycles. The van der Waals surface area contributed by atoms with E-state index in [0.29, 0.717) is 0 Å². The van der Waals surface area contributed by atoms with Gasteiger partial charge in [-0.25, -0.2) is 4.79 Å². The van der Waals surface area contributed by atoms with E-state index >= 15 is 0 Å². The molecular formula is C13H10O2S. The summed E-state index contributed by atoms with van der Waals surface area (Å²) in [7, 11) is 0. The van der Waals surface area contributed by atoms with E-state index in [2.05, 4.69) is 5.73 Å². The Morgan fingerprint density at radius 1 is 1.44 bits per heavy atom. The molecule has 0 unspecified atom stereocenters. The Labute approximate surface area is 97.2 Å². The highest BCUT2D eigenvalue weighted by atomic mass is 32.1. The molecular weight excluding hydrogens is 220 g/mol. The van der Waals surface area contributed by atoms with E-state index in [1.54, 1.807) is 17.4 Å². The highest BCUT2D eigenvalue weighted by Gasteiger charge is 1.99. The lowest BCUT2D eigenvalue weighted by molar-refractivity contribution is -0.132. The molecule has 0 amide bonds. The first-order valence-corrected chi connectivity index (χ1v) is 5.63. The van der Waals surface area contributed by atoms with E-state index in [1.807, 2.05) is 30.3 Å². The van der Waals surface area contributed by atoms with E-state index in [-0.39, 0.29) is 5.57 Å². The van der Waals surface area contributed by atoms with Crippen LogP contribution in [0.3, 0.4) is 0 Å². The molecule has 0 spiro atoms. The zero-order valence-electron chi connectivity index (χ0n) is 8.73. The second-order valence-corrected chi connectivity index (χ2v) is 4.52. The van der Waals surface area contributed by atoms with Crippen LogP contribution in [0.5, 0.6) is 0 Å². The number of aliphatic carboxylic acids is 1. The van der Waals surface area contributed by atoms with Crippen molar-refractivity contribution in [1.29, 1.82) is 0 Å². The molecule has 2 rings (SSSR count). The highest BCUT2D eigenvalue weighted by Crippen LogP contribution is 2.25. The van der Waals surface area contributed by atoms with Gasteiger partial charge in [-0.3, -0.25) is 0 Å². The summed E-state index contributed by atoms with van der Waals surface area (Å²) in [5.41, 5.74) is 2.98. The van der Waals surface area contributed by atoms with Gasteiger partial charge < -0.3 is 5.11 Å². The van der Waals surface area contributed by atoms with Crippen molar-refractivity contribution in [2.45, 2.75) is 6.92 Å². The molecule has 1 aromatic heterocycles. The van der Waals surface area contributed by atoms with Crippen LogP contribution in [0.15, 0.2) is 41.6 Å². The lowest BCUT2D eigenvalue weighted by atomic mass is 10.2. The van der Waals surface area contributed by atoms with Gasteiger partial charge in [0.15, 0.2) is 0 Å². The van der Waals surface area contributed by atoms with Crippen LogP contribution in [-0.2, 0) is 4.79 Å². The molecule has 0 aliphatic heterocycles. The standard InChI is InChI=1S/C13H10O2S/c1-9(13(14)15)6-7-11-8-10-4-2-3-5-12(10)16-11/h2-5,7-8H,1H3,(H,14,15). The van der Waals surface area contributed by atoms with E-state index in [1.165, 1.54) is 17.0 Å². The maximum Gasteiger partial charge on any atom is 0.339 e. The number of benzene rings is 1. The van der Waals surface area contributed by atoms with Gasteiger partial charge in [0.05, 0.1) is 5.57 Å². The Kier molecular flexibility index (Phi) is 2.91. The number of carboxylic acid groups (broad SMARTS) is 1. The minimum absolute atomic E-state index is 0.220. The van der Waals surface area contributed by atoms with Crippen molar-refractivity contribution in [3.05, 3.63) is 46.5 Å². The third kappa shape index (κ3) is 2.22. The van der Waals surface area contributed by atoms with Gasteiger partial charge in [-0.2, -0.15) is 0 Å². The molecule has 0 bridgehead atoms. The predicted octanol–water partition coefficient (Wildman–Crippen LogP) is 3.54. The Morgan fingerprint density at radius 2 is 2.19 bits per heavy atom. The zero-order valence-corrected chi connectivity index (χ0v) is 9.54. The molecule has 0 aliphatic rings. The fraction of sp³-hybridized carbons (Fsp3) is 0.0769. The van der Waals surface area contributed by atoms with Crippen LogP contribution in [-0.4, -0.2) is 11.1 Å². The smallest absolute Gasteiger partial charge is 0.339 e. The Morgan fingerprint density at radius 3 is 2.88 bits per heavy atom. The number of carboxylic acids is 1. The summed E-state index contributed by atoms with van der Waals surface area (Å²) in [6.07, 6.45) is 1.72. The first-order valence-electron chi connectivity index (χ1n) is 4.82. The van der Waals surface area contributed by atoms with Gasteiger partial charge in [0.25, 0.3) is 0 Å². The molecule has 1 N–H and O–H groups in total. The first-order chi connectivity index (χ1) is 7.66. The molecule has 0 radical (unpaired) electrons. The molecule has 0 saturated carbocycles. The van der Waals surface area contributed by atoms with Crippen LogP contribution in [0, 0.1) is 0 Å². The summed E-state index contributed by atoms with van der Waals surface area (Å²) < 4.78 is 1.20. The molecule has 0 atom stereocenters. The van der Waals surface area contributed by atoms with Gasteiger partial charge in [0.2, 0.25) is 0 Å². The average Bonchev–Trinajstić information content (AvgIpc) is 2.68. The fourth-order valence-corrected chi connectivity index (χ4v) is 2.26. The van der Waals surface area contributed by atoms with Gasteiger partial charge in [-0.15, -0.1) is 17.1 Å². The van der Waals surface area contributed by atoms with Gasteiger partial charge in [-0.05, 0) is 30.5 Å². The number of rotatable bonds is 2. The monoisotopic (exact) mass is 230 g/mol. The van der Waals surface area contributed by atoms with E-state index < -0.39 is 5.97 Å². The largest absolute Gasteiger partial charge is 0.477 e. The van der Waals surface area contributed by atoms with E-state index in [4.69, 9.17) is 5.11 Å². The van der Waals surface area contributed by atoms with Crippen molar-refractivity contribution in [1.82, 2.24) is 0 Å². The topological polar surface area (TPSA) is 37.3 Å². The number of thiophene rings is 1. The van der Waals surface area contributed by atoms with Gasteiger partial charge in [0.1, 0.15) is 0 Å². The van der Waals surface area contributed by atoms with Crippen LogP contribution in [0.4, 0.5) is 0 Å². The van der Waals surface area contributed by atoms with E-state index in [0.717, 1.165) is 4.88 Å². The normalized spacial score (nSPS) is 9.81. The molecule has 0 fully saturated rings. The van der Waals surface area contributed by atoms with Crippen molar-refractivity contribution >= 4 is 33.5 Å². The number of hydrogen-bond acceptors (Lipinski definition) is 2. The van der Waals surface area contributed by atoms with Crippen LogP contribution >= 0.6 is 11.3 Å². The fourth-order valence-electron chi connectivity index (χ4n) is 1.31. The van der Waals surface area contributed by atoms with Crippen molar-refractivity contribution in [2.75, 3.05) is 0 Å². The lowest BCUT2D eigenvalue weighted by Crippen LogP contribution is -1.93. The Hall–Kier alpha value is -1.83. The SMILES string of the molecule is CC(=C=Cc1cc2ccccc2s1)C(=O)O. The summed E-state index contributed by atoms with van der Waals surface area (Å²) in [5.74, 6) is -0.933. The maximum absolute atomic E-state index is 10.6. The number of carbonyl (C=O) groups is 1. The molecule has 3 heteroatoms. The molecule has 2 nitrogen and oxygen atoms in total.